The zero-order chi connectivity index (χ0) is 27.3. The van der Waals surface area contributed by atoms with Gasteiger partial charge < -0.3 is 20.3 Å². The van der Waals surface area contributed by atoms with Crippen LogP contribution in [0.1, 0.15) is 36.2 Å². The van der Waals surface area contributed by atoms with E-state index in [1.54, 1.807) is 24.3 Å². The van der Waals surface area contributed by atoms with Crippen LogP contribution in [0.4, 0.5) is 13.2 Å². The molecule has 0 spiro atoms. The summed E-state index contributed by atoms with van der Waals surface area (Å²) in [6.45, 7) is 4.58. The smallest absolute Gasteiger partial charge is 0.475 e. The first-order chi connectivity index (χ1) is 17.3. The molecule has 200 valence electrons. The highest BCUT2D eigenvalue weighted by Crippen LogP contribution is 2.26. The van der Waals surface area contributed by atoms with Crippen LogP contribution in [-0.2, 0) is 4.79 Å². The van der Waals surface area contributed by atoms with Gasteiger partial charge in [0.2, 0.25) is 0 Å². The van der Waals surface area contributed by atoms with E-state index < -0.39 is 12.1 Å². The van der Waals surface area contributed by atoms with Crippen molar-refractivity contribution in [1.29, 1.82) is 0 Å². The van der Waals surface area contributed by atoms with Crippen LogP contribution in [-0.4, -0.2) is 63.3 Å². The van der Waals surface area contributed by atoms with E-state index in [1.165, 1.54) is 0 Å². The van der Waals surface area contributed by atoms with Crippen molar-refractivity contribution < 1.29 is 27.9 Å². The Morgan fingerprint density at radius 2 is 1.78 bits per heavy atom. The summed E-state index contributed by atoms with van der Waals surface area (Å²) in [5.74, 6) is -2.85. The largest absolute Gasteiger partial charge is 0.490 e. The average Bonchev–Trinajstić information content (AvgIpc) is 3.14. The monoisotopic (exact) mass is 604 g/mol. The first kappa shape index (κ1) is 28.7. The minimum Gasteiger partial charge on any atom is -0.475 e. The van der Waals surface area contributed by atoms with Gasteiger partial charge in [-0.05, 0) is 62.2 Å². The number of aromatic nitrogens is 2. The van der Waals surface area contributed by atoms with E-state index in [0.29, 0.717) is 10.6 Å². The van der Waals surface area contributed by atoms with E-state index in [-0.39, 0.29) is 23.7 Å². The lowest BCUT2D eigenvalue weighted by Crippen LogP contribution is -2.45. The molecular formula is C24H25BrClF3N4O4. The normalized spacial score (nSPS) is 15.6. The molecule has 0 bridgehead atoms. The number of carbonyl (C=O) groups is 2. The predicted molar refractivity (Wildman–Crippen MR) is 137 cm³/mol. The topological polar surface area (TPSA) is 107 Å². The second-order valence-electron chi connectivity index (χ2n) is 8.68. The number of halogens is 5. The van der Waals surface area contributed by atoms with Crippen molar-refractivity contribution in [2.75, 3.05) is 19.6 Å². The number of carbonyl (C=O) groups excluding carboxylic acids is 1. The number of rotatable bonds is 5. The molecular weight excluding hydrogens is 581 g/mol. The number of hydrogen-bond donors (Lipinski definition) is 3. The lowest BCUT2D eigenvalue weighted by molar-refractivity contribution is -0.192. The fraction of sp³-hybridized carbons (Fsp3) is 0.375. The van der Waals surface area contributed by atoms with Gasteiger partial charge in [0, 0.05) is 46.8 Å². The predicted octanol–water partition coefficient (Wildman–Crippen LogP) is 4.83. The molecule has 1 aromatic heterocycles. The second-order valence-corrected chi connectivity index (χ2v) is 10.0. The molecule has 4 rings (SSSR count). The minimum atomic E-state index is -5.08. The molecule has 1 aliphatic rings. The number of aromatic amines is 1. The number of amides is 1. The van der Waals surface area contributed by atoms with Gasteiger partial charge in [-0.3, -0.25) is 9.36 Å². The van der Waals surface area contributed by atoms with Crippen molar-refractivity contribution in [2.45, 2.75) is 38.0 Å². The Morgan fingerprint density at radius 3 is 2.35 bits per heavy atom. The van der Waals surface area contributed by atoms with Crippen LogP contribution in [0, 0.1) is 0 Å². The summed E-state index contributed by atoms with van der Waals surface area (Å²) in [6, 6.07) is 13.0. The number of carboxylic acids is 1. The Labute approximate surface area is 223 Å². The summed E-state index contributed by atoms with van der Waals surface area (Å²) >= 11 is 9.34. The van der Waals surface area contributed by atoms with Crippen LogP contribution in [0.2, 0.25) is 5.02 Å². The molecule has 0 aliphatic carbocycles. The van der Waals surface area contributed by atoms with Crippen molar-refractivity contribution >= 4 is 50.4 Å². The zero-order valence-electron chi connectivity index (χ0n) is 19.7. The number of imidazole rings is 1. The van der Waals surface area contributed by atoms with E-state index in [4.69, 9.17) is 21.5 Å². The second kappa shape index (κ2) is 12.1. The third kappa shape index (κ3) is 7.83. The summed E-state index contributed by atoms with van der Waals surface area (Å²) in [5, 5.41) is 10.8. The number of hydrogen-bond acceptors (Lipinski definition) is 4. The Bertz CT molecular complexity index is 1300. The van der Waals surface area contributed by atoms with Crippen molar-refractivity contribution in [3.63, 3.8) is 0 Å². The van der Waals surface area contributed by atoms with Crippen LogP contribution in [0.15, 0.2) is 51.7 Å². The summed E-state index contributed by atoms with van der Waals surface area (Å²) in [7, 11) is 0. The van der Waals surface area contributed by atoms with E-state index in [0.717, 1.165) is 48.0 Å². The summed E-state index contributed by atoms with van der Waals surface area (Å²) in [5.41, 5.74) is 2.36. The van der Waals surface area contributed by atoms with Gasteiger partial charge in [0.25, 0.3) is 5.91 Å². The molecule has 13 heteroatoms. The molecule has 2 aromatic carbocycles. The number of piperidine rings is 1. The quantitative estimate of drug-likeness (QED) is 0.386. The van der Waals surface area contributed by atoms with Crippen LogP contribution in [0.3, 0.4) is 0 Å². The molecule has 1 fully saturated rings. The fourth-order valence-corrected chi connectivity index (χ4v) is 4.65. The van der Waals surface area contributed by atoms with Gasteiger partial charge in [-0.1, -0.05) is 27.5 Å². The molecule has 1 saturated heterocycles. The average molecular weight is 606 g/mol. The van der Waals surface area contributed by atoms with Gasteiger partial charge in [0.05, 0.1) is 11.0 Å². The van der Waals surface area contributed by atoms with Gasteiger partial charge in [0.15, 0.2) is 0 Å². The number of H-pyrrole nitrogens is 1. The first-order valence-electron chi connectivity index (χ1n) is 11.3. The molecule has 0 radical (unpaired) electrons. The molecule has 1 amide bonds. The molecule has 1 aliphatic heterocycles. The highest BCUT2D eigenvalue weighted by atomic mass is 79.9. The van der Waals surface area contributed by atoms with Crippen LogP contribution in [0.25, 0.3) is 11.0 Å². The molecule has 3 N–H and O–H groups in total. The highest BCUT2D eigenvalue weighted by Gasteiger charge is 2.38. The zero-order valence-corrected chi connectivity index (χ0v) is 22.0. The lowest BCUT2D eigenvalue weighted by Gasteiger charge is -2.34. The number of benzene rings is 2. The molecule has 2 heterocycles. The number of nitrogens with one attached hydrogen (secondary N) is 2. The first-order valence-corrected chi connectivity index (χ1v) is 12.5. The number of nitrogens with zero attached hydrogens (tertiary/aromatic N) is 2. The summed E-state index contributed by atoms with van der Waals surface area (Å²) in [6.07, 6.45) is -3.28. The molecule has 1 atom stereocenters. The van der Waals surface area contributed by atoms with Crippen LogP contribution >= 0.6 is 27.5 Å². The van der Waals surface area contributed by atoms with Gasteiger partial charge in [-0.15, -0.1) is 0 Å². The number of alkyl halides is 3. The van der Waals surface area contributed by atoms with Gasteiger partial charge in [-0.2, -0.15) is 13.2 Å². The Morgan fingerprint density at radius 1 is 1.19 bits per heavy atom. The third-order valence-electron chi connectivity index (χ3n) is 5.86. The molecule has 3 aromatic rings. The van der Waals surface area contributed by atoms with Crippen molar-refractivity contribution in [2.24, 2.45) is 0 Å². The Hall–Kier alpha value is -2.83. The number of aliphatic carboxylic acids is 1. The third-order valence-corrected chi connectivity index (χ3v) is 6.60. The maximum absolute atomic E-state index is 12.5. The molecule has 0 unspecified atom stereocenters. The lowest BCUT2D eigenvalue weighted by atomic mass is 10.0. The Kier molecular flexibility index (Phi) is 9.43. The Balaban J connectivity index is 0.000000479. The van der Waals surface area contributed by atoms with Crippen molar-refractivity contribution in [1.82, 2.24) is 19.8 Å². The highest BCUT2D eigenvalue weighted by molar-refractivity contribution is 9.10. The van der Waals surface area contributed by atoms with Crippen LogP contribution in [0.5, 0.6) is 0 Å². The van der Waals surface area contributed by atoms with Crippen LogP contribution < -0.4 is 11.0 Å². The van der Waals surface area contributed by atoms with Gasteiger partial charge >= 0.3 is 17.8 Å². The maximum atomic E-state index is 12.5. The minimum absolute atomic E-state index is 0.0258. The van der Waals surface area contributed by atoms with Crippen molar-refractivity contribution in [3.05, 3.63) is 68.0 Å². The number of carboxylic acid groups (broad SMARTS) is 1. The van der Waals surface area contributed by atoms with Gasteiger partial charge in [0.1, 0.15) is 0 Å². The van der Waals surface area contributed by atoms with E-state index in [2.05, 4.69) is 31.1 Å². The van der Waals surface area contributed by atoms with Gasteiger partial charge in [-0.25, -0.2) is 9.59 Å². The number of fused-ring (bicyclic) bond motifs is 1. The molecule has 8 nitrogen and oxygen atoms in total. The summed E-state index contributed by atoms with van der Waals surface area (Å²) < 4.78 is 34.6. The van der Waals surface area contributed by atoms with E-state index in [9.17, 15) is 22.8 Å². The SMILES string of the molecule is C[C@@H](CN1CCC(n2c(=O)[nH]c3cc(Br)ccc32)CC1)NC(=O)c1ccc(Cl)cc1.O=C(O)C(F)(F)F. The van der Waals surface area contributed by atoms with E-state index >= 15 is 0 Å². The molecule has 37 heavy (non-hydrogen) atoms. The maximum Gasteiger partial charge on any atom is 0.490 e. The standard InChI is InChI=1S/C22H24BrClN4O2.C2HF3O2/c1-14(25-21(29)15-2-5-17(24)6-3-15)13-27-10-8-18(9-11-27)28-20-7-4-16(23)12-19(20)26-22(28)30;3-2(4,5)1(6)7/h2-7,12,14,18H,8-11,13H2,1H3,(H,25,29)(H,26,30);(H,6,7)/t14-;/m0./s1. The summed E-state index contributed by atoms with van der Waals surface area (Å²) in [4.78, 5) is 39.1. The number of likely N-dealkylation sites (tertiary alicyclic amines) is 1. The fourth-order valence-electron chi connectivity index (χ4n) is 4.17. The van der Waals surface area contributed by atoms with E-state index in [1.807, 2.05) is 29.7 Å². The van der Waals surface area contributed by atoms with Crippen molar-refractivity contribution in [3.8, 4) is 0 Å². The molecule has 0 saturated carbocycles.